The van der Waals surface area contributed by atoms with Gasteiger partial charge in [0.1, 0.15) is 5.54 Å². The first kappa shape index (κ1) is 21.6. The van der Waals surface area contributed by atoms with Gasteiger partial charge in [0.05, 0.1) is 6.54 Å². The molecule has 2 aliphatic rings. The van der Waals surface area contributed by atoms with E-state index in [1.807, 2.05) is 32.0 Å². The summed E-state index contributed by atoms with van der Waals surface area (Å²) in [7, 11) is 0. The molecule has 1 aromatic carbocycles. The third kappa shape index (κ3) is 4.90. The first-order valence-corrected chi connectivity index (χ1v) is 10.3. The van der Waals surface area contributed by atoms with Crippen molar-refractivity contribution in [3.63, 3.8) is 0 Å². The van der Waals surface area contributed by atoms with Crippen LogP contribution in [-0.4, -0.2) is 47.3 Å². The molecule has 1 heterocycles. The largest absolute Gasteiger partial charge is 0.376 e. The normalized spacial score (nSPS) is 17.2. The molecule has 5 amide bonds. The van der Waals surface area contributed by atoms with E-state index in [9.17, 15) is 19.2 Å². The Hall–Kier alpha value is -3.10. The zero-order valence-corrected chi connectivity index (χ0v) is 17.5. The maximum atomic E-state index is 12.5. The topological polar surface area (TPSA) is 120 Å². The van der Waals surface area contributed by atoms with Crippen molar-refractivity contribution in [1.82, 2.24) is 21.1 Å². The lowest BCUT2D eigenvalue weighted by Gasteiger charge is -2.19. The second-order valence-corrected chi connectivity index (χ2v) is 8.05. The molecule has 1 aliphatic carbocycles. The summed E-state index contributed by atoms with van der Waals surface area (Å²) in [5, 5.41) is 5.84. The highest BCUT2D eigenvalue weighted by molar-refractivity contribution is 6.07. The van der Waals surface area contributed by atoms with E-state index in [1.54, 1.807) is 0 Å². The Morgan fingerprint density at radius 3 is 2.50 bits per heavy atom. The van der Waals surface area contributed by atoms with Gasteiger partial charge in [-0.2, -0.15) is 0 Å². The van der Waals surface area contributed by atoms with Crippen molar-refractivity contribution in [2.24, 2.45) is 0 Å². The van der Waals surface area contributed by atoms with Gasteiger partial charge in [-0.25, -0.2) is 4.79 Å². The fourth-order valence-corrected chi connectivity index (χ4v) is 4.03. The van der Waals surface area contributed by atoms with Crippen LogP contribution in [0.4, 0.5) is 10.5 Å². The van der Waals surface area contributed by atoms with E-state index in [2.05, 4.69) is 21.5 Å². The summed E-state index contributed by atoms with van der Waals surface area (Å²) in [4.78, 5) is 49.7. The number of aryl methyl sites for hydroxylation is 2. The molecule has 0 bridgehead atoms. The maximum absolute atomic E-state index is 12.5. The SMILES string of the molecule is Cc1ccc(NCC(=O)NNC(=O)CCCN2C(=O)NC3(CCCC3)C2=O)c(C)c1. The number of amides is 5. The molecule has 1 spiro atoms. The summed E-state index contributed by atoms with van der Waals surface area (Å²) in [6, 6.07) is 5.49. The lowest BCUT2D eigenvalue weighted by molar-refractivity contribution is -0.131. The van der Waals surface area contributed by atoms with Crippen molar-refractivity contribution in [2.45, 2.75) is 57.9 Å². The molecule has 2 fully saturated rings. The van der Waals surface area contributed by atoms with Crippen molar-refractivity contribution in [1.29, 1.82) is 0 Å². The van der Waals surface area contributed by atoms with E-state index < -0.39 is 5.54 Å². The highest BCUT2D eigenvalue weighted by atomic mass is 16.2. The fraction of sp³-hybridized carbons (Fsp3) is 0.524. The monoisotopic (exact) mass is 415 g/mol. The Balaban J connectivity index is 1.34. The number of nitrogens with zero attached hydrogens (tertiary/aromatic N) is 1. The third-order valence-corrected chi connectivity index (χ3v) is 5.65. The number of hydrogen-bond acceptors (Lipinski definition) is 5. The number of hydrazine groups is 1. The number of imide groups is 1. The molecule has 3 rings (SSSR count). The maximum Gasteiger partial charge on any atom is 0.325 e. The van der Waals surface area contributed by atoms with E-state index in [1.165, 1.54) is 4.90 Å². The van der Waals surface area contributed by atoms with Crippen LogP contribution in [0, 0.1) is 13.8 Å². The van der Waals surface area contributed by atoms with E-state index in [4.69, 9.17) is 0 Å². The van der Waals surface area contributed by atoms with Crippen LogP contribution < -0.4 is 21.5 Å². The molecule has 1 aliphatic heterocycles. The van der Waals surface area contributed by atoms with Gasteiger partial charge >= 0.3 is 6.03 Å². The first-order valence-electron chi connectivity index (χ1n) is 10.3. The Morgan fingerprint density at radius 2 is 1.80 bits per heavy atom. The Bertz CT molecular complexity index is 848. The van der Waals surface area contributed by atoms with Crippen molar-refractivity contribution in [3.8, 4) is 0 Å². The molecule has 0 radical (unpaired) electrons. The van der Waals surface area contributed by atoms with Crippen LogP contribution in [0.1, 0.15) is 49.7 Å². The number of carbonyl (C=O) groups is 4. The Morgan fingerprint density at radius 1 is 1.10 bits per heavy atom. The predicted octanol–water partition coefficient (Wildman–Crippen LogP) is 1.51. The van der Waals surface area contributed by atoms with E-state index >= 15 is 0 Å². The third-order valence-electron chi connectivity index (χ3n) is 5.65. The van der Waals surface area contributed by atoms with Gasteiger partial charge in [0.25, 0.3) is 11.8 Å². The average Bonchev–Trinajstić information content (AvgIpc) is 3.26. The minimum Gasteiger partial charge on any atom is -0.376 e. The van der Waals surface area contributed by atoms with Crippen molar-refractivity contribution in [2.75, 3.05) is 18.4 Å². The van der Waals surface area contributed by atoms with Gasteiger partial charge in [-0.1, -0.05) is 30.5 Å². The highest BCUT2D eigenvalue weighted by Gasteiger charge is 2.51. The van der Waals surface area contributed by atoms with Crippen molar-refractivity contribution in [3.05, 3.63) is 29.3 Å². The van der Waals surface area contributed by atoms with Gasteiger partial charge in [0.15, 0.2) is 0 Å². The molecule has 1 saturated heterocycles. The molecular formula is C21H29N5O4. The van der Waals surface area contributed by atoms with Crippen LogP contribution >= 0.6 is 0 Å². The van der Waals surface area contributed by atoms with E-state index in [0.717, 1.165) is 29.7 Å². The minimum atomic E-state index is -0.726. The van der Waals surface area contributed by atoms with Crippen LogP contribution in [-0.2, 0) is 14.4 Å². The summed E-state index contributed by atoms with van der Waals surface area (Å²) in [6.07, 6.45) is 3.64. The number of nitrogens with one attached hydrogen (secondary N) is 4. The molecule has 0 atom stereocenters. The van der Waals surface area contributed by atoms with Crippen molar-refractivity contribution >= 4 is 29.4 Å². The second-order valence-electron chi connectivity index (χ2n) is 8.05. The average molecular weight is 415 g/mol. The molecule has 162 valence electrons. The van der Waals surface area contributed by atoms with Gasteiger partial charge < -0.3 is 10.6 Å². The summed E-state index contributed by atoms with van der Waals surface area (Å²) >= 11 is 0. The Labute approximate surface area is 175 Å². The molecular weight excluding hydrogens is 386 g/mol. The number of carbonyl (C=O) groups excluding carboxylic acids is 4. The number of benzene rings is 1. The first-order chi connectivity index (χ1) is 14.3. The lowest BCUT2D eigenvalue weighted by Crippen LogP contribution is -2.44. The van der Waals surface area contributed by atoms with Crippen LogP contribution in [0.3, 0.4) is 0 Å². The van der Waals surface area contributed by atoms with Gasteiger partial charge in [-0.05, 0) is 44.7 Å². The minimum absolute atomic E-state index is 0.0225. The molecule has 9 heteroatoms. The van der Waals surface area contributed by atoms with E-state index in [-0.39, 0.29) is 43.3 Å². The zero-order valence-electron chi connectivity index (χ0n) is 17.5. The summed E-state index contributed by atoms with van der Waals surface area (Å²) in [6.45, 7) is 4.16. The van der Waals surface area contributed by atoms with Crippen LogP contribution in [0.25, 0.3) is 0 Å². The van der Waals surface area contributed by atoms with Crippen LogP contribution in [0.5, 0.6) is 0 Å². The lowest BCUT2D eigenvalue weighted by atomic mass is 9.98. The number of hydrogen-bond donors (Lipinski definition) is 4. The summed E-state index contributed by atoms with van der Waals surface area (Å²) in [5.41, 5.74) is 7.02. The second kappa shape index (κ2) is 9.15. The number of urea groups is 1. The summed E-state index contributed by atoms with van der Waals surface area (Å²) in [5.74, 6) is -0.936. The number of anilines is 1. The molecule has 4 N–H and O–H groups in total. The van der Waals surface area contributed by atoms with Crippen molar-refractivity contribution < 1.29 is 19.2 Å². The Kier molecular flexibility index (Phi) is 6.59. The smallest absolute Gasteiger partial charge is 0.325 e. The molecule has 0 aromatic heterocycles. The van der Waals surface area contributed by atoms with Gasteiger partial charge in [0.2, 0.25) is 5.91 Å². The van der Waals surface area contributed by atoms with Crippen LogP contribution in [0.15, 0.2) is 18.2 Å². The van der Waals surface area contributed by atoms with Gasteiger partial charge in [-0.15, -0.1) is 0 Å². The molecule has 0 unspecified atom stereocenters. The quantitative estimate of drug-likeness (QED) is 0.397. The standard InChI is InChI=1S/C21H29N5O4/c1-14-7-8-16(15(2)12-14)22-13-18(28)25-24-17(27)6-5-11-26-19(29)21(23-20(26)30)9-3-4-10-21/h7-8,12,22H,3-6,9-11,13H2,1-2H3,(H,23,30)(H,24,27)(H,25,28). The summed E-state index contributed by atoms with van der Waals surface area (Å²) < 4.78 is 0. The number of rotatable bonds is 7. The van der Waals surface area contributed by atoms with Gasteiger partial charge in [-0.3, -0.25) is 30.1 Å². The molecule has 1 saturated carbocycles. The van der Waals surface area contributed by atoms with Crippen LogP contribution in [0.2, 0.25) is 0 Å². The van der Waals surface area contributed by atoms with E-state index in [0.29, 0.717) is 19.3 Å². The highest BCUT2D eigenvalue weighted by Crippen LogP contribution is 2.35. The van der Waals surface area contributed by atoms with Gasteiger partial charge in [0, 0.05) is 18.7 Å². The zero-order chi connectivity index (χ0) is 21.7. The molecule has 9 nitrogen and oxygen atoms in total. The molecule has 30 heavy (non-hydrogen) atoms. The predicted molar refractivity (Wildman–Crippen MR) is 111 cm³/mol. The molecule has 1 aromatic rings. The fourth-order valence-electron chi connectivity index (χ4n) is 4.03.